The van der Waals surface area contributed by atoms with E-state index in [1.54, 1.807) is 0 Å². The lowest BCUT2D eigenvalue weighted by Crippen LogP contribution is -2.32. The topological polar surface area (TPSA) is 74.5 Å². The Morgan fingerprint density at radius 3 is 2.48 bits per heavy atom. The second-order valence-corrected chi connectivity index (χ2v) is 9.00. The molecular weight excluding hydrogens is 390 g/mol. The predicted octanol–water partition coefficient (Wildman–Crippen LogP) is 3.97. The van der Waals surface area contributed by atoms with Gasteiger partial charge >= 0.3 is 11.8 Å². The number of carbonyl (C=O) groups excluding carboxylic acids is 1. The molecule has 31 heavy (non-hydrogen) atoms. The highest BCUT2D eigenvalue weighted by Gasteiger charge is 2.18. The molecule has 2 aliphatic rings. The molecule has 4 rings (SSSR count). The number of amides is 1. The molecule has 0 aliphatic carbocycles. The summed E-state index contributed by atoms with van der Waals surface area (Å²) in [5.74, 6) is 0.995. The first kappa shape index (κ1) is 21.8. The Kier molecular flexibility index (Phi) is 7.57. The van der Waals surface area contributed by atoms with E-state index >= 15 is 0 Å². The van der Waals surface area contributed by atoms with E-state index in [2.05, 4.69) is 44.3 Å². The summed E-state index contributed by atoms with van der Waals surface area (Å²) in [5, 5.41) is 6.91. The molecule has 2 aromatic rings. The van der Waals surface area contributed by atoms with Crippen molar-refractivity contribution in [1.29, 1.82) is 0 Å². The number of likely N-dealkylation sites (tertiary alicyclic amines) is 1. The number of hydrogen-bond acceptors (Lipinski definition) is 6. The standard InChI is InChI=1S/C24H35N5O2/c1-19-11-17-29(18-12-19)21-9-7-20(8-10-21)22-26-24(31-27-22)23(30)25-13-6-16-28-14-4-2-3-5-15-28/h7-10,19H,2-6,11-18H2,1H3,(H,25,30). The highest BCUT2D eigenvalue weighted by atomic mass is 16.5. The van der Waals surface area contributed by atoms with E-state index in [0.29, 0.717) is 12.4 Å². The molecule has 1 aromatic heterocycles. The molecule has 0 atom stereocenters. The predicted molar refractivity (Wildman–Crippen MR) is 122 cm³/mol. The van der Waals surface area contributed by atoms with Crippen LogP contribution >= 0.6 is 0 Å². The van der Waals surface area contributed by atoms with Gasteiger partial charge in [0.05, 0.1) is 0 Å². The van der Waals surface area contributed by atoms with Gasteiger partial charge in [-0.25, -0.2) is 0 Å². The first-order chi connectivity index (χ1) is 15.2. The zero-order chi connectivity index (χ0) is 21.5. The van der Waals surface area contributed by atoms with Gasteiger partial charge in [0.2, 0.25) is 5.82 Å². The molecule has 2 fully saturated rings. The average Bonchev–Trinajstić information content (AvgIpc) is 3.15. The van der Waals surface area contributed by atoms with Gasteiger partial charge in [-0.2, -0.15) is 4.98 Å². The molecule has 7 nitrogen and oxygen atoms in total. The van der Waals surface area contributed by atoms with Crippen molar-refractivity contribution < 1.29 is 9.32 Å². The summed E-state index contributed by atoms with van der Waals surface area (Å²) in [7, 11) is 0. The first-order valence-corrected chi connectivity index (χ1v) is 11.9. The lowest BCUT2D eigenvalue weighted by atomic mass is 9.98. The minimum absolute atomic E-state index is 0.0267. The fraction of sp³-hybridized carbons (Fsp3) is 0.625. The maximum absolute atomic E-state index is 12.4. The van der Waals surface area contributed by atoms with Crippen molar-refractivity contribution in [2.45, 2.75) is 51.9 Å². The lowest BCUT2D eigenvalue weighted by Gasteiger charge is -2.32. The Morgan fingerprint density at radius 1 is 1.06 bits per heavy atom. The molecule has 0 bridgehead atoms. The Labute approximate surface area is 185 Å². The minimum Gasteiger partial charge on any atom is -0.372 e. The maximum atomic E-state index is 12.4. The summed E-state index contributed by atoms with van der Waals surface area (Å²) in [4.78, 5) is 21.6. The van der Waals surface area contributed by atoms with Crippen LogP contribution in [0.2, 0.25) is 0 Å². The number of carbonyl (C=O) groups is 1. The number of nitrogens with one attached hydrogen (secondary N) is 1. The van der Waals surface area contributed by atoms with Crippen molar-refractivity contribution in [3.63, 3.8) is 0 Å². The van der Waals surface area contributed by atoms with Crippen molar-refractivity contribution in [3.8, 4) is 11.4 Å². The number of anilines is 1. The molecule has 2 saturated heterocycles. The van der Waals surface area contributed by atoms with Gasteiger partial charge in [0.25, 0.3) is 0 Å². The molecule has 0 unspecified atom stereocenters. The van der Waals surface area contributed by atoms with Crippen molar-refractivity contribution in [2.24, 2.45) is 5.92 Å². The molecular formula is C24H35N5O2. The van der Waals surface area contributed by atoms with E-state index < -0.39 is 0 Å². The molecule has 1 amide bonds. The summed E-state index contributed by atoms with van der Waals surface area (Å²) >= 11 is 0. The van der Waals surface area contributed by atoms with Gasteiger partial charge in [-0.1, -0.05) is 24.9 Å². The van der Waals surface area contributed by atoms with Crippen LogP contribution in [0.3, 0.4) is 0 Å². The highest BCUT2D eigenvalue weighted by Crippen LogP contribution is 2.25. The van der Waals surface area contributed by atoms with Crippen LogP contribution < -0.4 is 10.2 Å². The van der Waals surface area contributed by atoms with Crippen molar-refractivity contribution in [2.75, 3.05) is 44.2 Å². The lowest BCUT2D eigenvalue weighted by molar-refractivity contribution is 0.0908. The number of rotatable bonds is 7. The van der Waals surface area contributed by atoms with Gasteiger partial charge in [0.15, 0.2) is 0 Å². The molecule has 0 saturated carbocycles. The molecule has 0 spiro atoms. The summed E-state index contributed by atoms with van der Waals surface area (Å²) in [6.45, 7) is 8.52. The van der Waals surface area contributed by atoms with Crippen LogP contribution in [0, 0.1) is 5.92 Å². The third kappa shape index (κ3) is 6.06. The second-order valence-electron chi connectivity index (χ2n) is 9.00. The number of hydrogen-bond donors (Lipinski definition) is 1. The van der Waals surface area contributed by atoms with E-state index in [9.17, 15) is 4.79 Å². The average molecular weight is 426 g/mol. The van der Waals surface area contributed by atoms with Gasteiger partial charge in [-0.3, -0.25) is 4.79 Å². The van der Waals surface area contributed by atoms with Crippen molar-refractivity contribution >= 4 is 11.6 Å². The fourth-order valence-corrected chi connectivity index (χ4v) is 4.46. The van der Waals surface area contributed by atoms with Crippen LogP contribution in [-0.4, -0.2) is 60.2 Å². The first-order valence-electron chi connectivity index (χ1n) is 11.9. The number of aromatic nitrogens is 2. The van der Waals surface area contributed by atoms with Gasteiger partial charge in [0, 0.05) is 30.9 Å². The second kappa shape index (κ2) is 10.8. The molecule has 0 radical (unpaired) electrons. The van der Waals surface area contributed by atoms with Crippen LogP contribution in [0.1, 0.15) is 62.6 Å². The number of benzene rings is 1. The SMILES string of the molecule is CC1CCN(c2ccc(-c3noc(C(=O)NCCCN4CCCCCC4)n3)cc2)CC1. The number of nitrogens with zero attached hydrogens (tertiary/aromatic N) is 4. The van der Waals surface area contributed by atoms with E-state index in [1.807, 2.05) is 12.1 Å². The summed E-state index contributed by atoms with van der Waals surface area (Å²) in [5.41, 5.74) is 2.08. The summed E-state index contributed by atoms with van der Waals surface area (Å²) in [6, 6.07) is 8.21. The maximum Gasteiger partial charge on any atom is 0.316 e. The summed E-state index contributed by atoms with van der Waals surface area (Å²) in [6.07, 6.45) is 8.67. The fourth-order valence-electron chi connectivity index (χ4n) is 4.46. The molecule has 1 N–H and O–H groups in total. The van der Waals surface area contributed by atoms with Gasteiger partial charge in [-0.15, -0.1) is 0 Å². The Hall–Kier alpha value is -2.41. The van der Waals surface area contributed by atoms with Gasteiger partial charge in [0.1, 0.15) is 0 Å². The molecule has 3 heterocycles. The van der Waals surface area contributed by atoms with E-state index in [-0.39, 0.29) is 11.8 Å². The normalized spacial score (nSPS) is 18.7. The monoisotopic (exact) mass is 425 g/mol. The molecule has 1 aromatic carbocycles. The van der Waals surface area contributed by atoms with Crippen molar-refractivity contribution in [1.82, 2.24) is 20.4 Å². The Morgan fingerprint density at radius 2 is 1.77 bits per heavy atom. The smallest absolute Gasteiger partial charge is 0.316 e. The van der Waals surface area contributed by atoms with E-state index in [0.717, 1.165) is 37.5 Å². The third-order valence-electron chi connectivity index (χ3n) is 6.53. The van der Waals surface area contributed by atoms with Crippen LogP contribution in [0.15, 0.2) is 28.8 Å². The zero-order valence-corrected chi connectivity index (χ0v) is 18.7. The molecule has 2 aliphatic heterocycles. The number of piperidine rings is 1. The Bertz CT molecular complexity index is 819. The minimum atomic E-state index is -0.298. The van der Waals surface area contributed by atoms with E-state index in [1.165, 1.54) is 57.3 Å². The zero-order valence-electron chi connectivity index (χ0n) is 18.7. The molecule has 7 heteroatoms. The van der Waals surface area contributed by atoms with Gasteiger partial charge in [-0.05, 0) is 81.9 Å². The largest absolute Gasteiger partial charge is 0.372 e. The highest BCUT2D eigenvalue weighted by molar-refractivity contribution is 5.89. The van der Waals surface area contributed by atoms with Gasteiger partial charge < -0.3 is 19.6 Å². The van der Waals surface area contributed by atoms with E-state index in [4.69, 9.17) is 4.52 Å². The molecule has 168 valence electrons. The van der Waals surface area contributed by atoms with Crippen LogP contribution in [0.4, 0.5) is 5.69 Å². The summed E-state index contributed by atoms with van der Waals surface area (Å²) < 4.78 is 5.21. The quantitative estimate of drug-likeness (QED) is 0.677. The Balaban J connectivity index is 1.25. The van der Waals surface area contributed by atoms with Crippen LogP contribution in [0.5, 0.6) is 0 Å². The van der Waals surface area contributed by atoms with Crippen molar-refractivity contribution in [3.05, 3.63) is 30.2 Å². The third-order valence-corrected chi connectivity index (χ3v) is 6.53. The van der Waals surface area contributed by atoms with Crippen LogP contribution in [0.25, 0.3) is 11.4 Å². The van der Waals surface area contributed by atoms with Crippen LogP contribution in [-0.2, 0) is 0 Å².